The van der Waals surface area contributed by atoms with E-state index in [1.807, 2.05) is 0 Å². The van der Waals surface area contributed by atoms with Gasteiger partial charge in [0.1, 0.15) is 0 Å². The monoisotopic (exact) mass is 249 g/mol. The Bertz CT molecular complexity index is 535. The van der Waals surface area contributed by atoms with Crippen molar-refractivity contribution in [1.29, 1.82) is 0 Å². The summed E-state index contributed by atoms with van der Waals surface area (Å²) < 4.78 is 4.99. The number of nitro benzene ring substituents is 1. The van der Waals surface area contributed by atoms with E-state index in [9.17, 15) is 10.1 Å². The van der Waals surface area contributed by atoms with Gasteiger partial charge in [-0.05, 0) is 18.6 Å². The van der Waals surface area contributed by atoms with Gasteiger partial charge in [-0.15, -0.1) is 0 Å². The minimum atomic E-state index is -0.466. The highest BCUT2D eigenvalue weighted by molar-refractivity contribution is 5.56. The molecule has 0 bridgehead atoms. The van der Waals surface area contributed by atoms with Crippen LogP contribution in [0.25, 0.3) is 11.4 Å². The number of aromatic nitrogens is 2. The third kappa shape index (κ3) is 2.69. The van der Waals surface area contributed by atoms with Crippen LogP contribution in [0.5, 0.6) is 0 Å². The summed E-state index contributed by atoms with van der Waals surface area (Å²) in [4.78, 5) is 14.2. The molecule has 0 radical (unpaired) electrons. The molecule has 18 heavy (non-hydrogen) atoms. The Balaban J connectivity index is 2.15. The van der Waals surface area contributed by atoms with E-state index in [0.29, 0.717) is 30.1 Å². The van der Waals surface area contributed by atoms with E-state index < -0.39 is 4.92 Å². The summed E-state index contributed by atoms with van der Waals surface area (Å²) in [7, 11) is 0. The SMILES string of the molecule is O=[N+]([O-])c1ccc(-c2noc(CCCO)n2)cc1. The molecular weight excluding hydrogens is 238 g/mol. The number of hydrogen-bond donors (Lipinski definition) is 1. The molecule has 7 nitrogen and oxygen atoms in total. The Morgan fingerprint density at radius 1 is 1.33 bits per heavy atom. The van der Waals surface area contributed by atoms with Gasteiger partial charge in [0, 0.05) is 30.7 Å². The van der Waals surface area contributed by atoms with Crippen molar-refractivity contribution in [3.63, 3.8) is 0 Å². The lowest BCUT2D eigenvalue weighted by Crippen LogP contribution is -1.90. The first-order chi connectivity index (χ1) is 8.70. The first-order valence-corrected chi connectivity index (χ1v) is 5.39. The predicted molar refractivity (Wildman–Crippen MR) is 61.8 cm³/mol. The molecule has 0 aliphatic carbocycles. The van der Waals surface area contributed by atoms with E-state index in [2.05, 4.69) is 10.1 Å². The highest BCUT2D eigenvalue weighted by atomic mass is 16.6. The predicted octanol–water partition coefficient (Wildman–Crippen LogP) is 1.57. The van der Waals surface area contributed by atoms with Crippen molar-refractivity contribution in [3.8, 4) is 11.4 Å². The largest absolute Gasteiger partial charge is 0.396 e. The Morgan fingerprint density at radius 2 is 2.06 bits per heavy atom. The van der Waals surface area contributed by atoms with Crippen LogP contribution < -0.4 is 0 Å². The molecule has 0 spiro atoms. The molecule has 7 heteroatoms. The molecule has 2 rings (SSSR count). The summed E-state index contributed by atoms with van der Waals surface area (Å²) in [6.45, 7) is 0.0647. The maximum Gasteiger partial charge on any atom is 0.269 e. The number of non-ortho nitro benzene ring substituents is 1. The quantitative estimate of drug-likeness (QED) is 0.637. The number of aliphatic hydroxyl groups excluding tert-OH is 1. The zero-order valence-electron chi connectivity index (χ0n) is 9.44. The Kier molecular flexibility index (Phi) is 3.63. The molecule has 0 amide bonds. The van der Waals surface area contributed by atoms with Crippen molar-refractivity contribution < 1.29 is 14.6 Å². The first-order valence-electron chi connectivity index (χ1n) is 5.39. The van der Waals surface area contributed by atoms with E-state index in [4.69, 9.17) is 9.63 Å². The van der Waals surface area contributed by atoms with Crippen molar-refractivity contribution in [1.82, 2.24) is 10.1 Å². The van der Waals surface area contributed by atoms with Crippen LogP contribution in [0.2, 0.25) is 0 Å². The molecule has 2 aromatic rings. The third-order valence-electron chi connectivity index (χ3n) is 2.35. The molecule has 0 atom stereocenters. The van der Waals surface area contributed by atoms with Gasteiger partial charge in [-0.25, -0.2) is 0 Å². The fourth-order valence-corrected chi connectivity index (χ4v) is 1.44. The zero-order chi connectivity index (χ0) is 13.0. The van der Waals surface area contributed by atoms with Gasteiger partial charge in [0.2, 0.25) is 11.7 Å². The van der Waals surface area contributed by atoms with Crippen molar-refractivity contribution in [3.05, 3.63) is 40.3 Å². The van der Waals surface area contributed by atoms with Crippen LogP contribution in [0.15, 0.2) is 28.8 Å². The maximum absolute atomic E-state index is 10.5. The summed E-state index contributed by atoms with van der Waals surface area (Å²) in [5, 5.41) is 23.0. The Hall–Kier alpha value is -2.28. The molecule has 0 fully saturated rings. The topological polar surface area (TPSA) is 102 Å². The molecule has 1 aromatic carbocycles. The minimum Gasteiger partial charge on any atom is -0.396 e. The van der Waals surface area contributed by atoms with Gasteiger partial charge >= 0.3 is 0 Å². The standard InChI is InChI=1S/C11H11N3O4/c15-7-1-2-10-12-11(13-18-10)8-3-5-9(6-4-8)14(16)17/h3-6,15H,1-2,7H2. The van der Waals surface area contributed by atoms with E-state index in [1.165, 1.54) is 12.1 Å². The van der Waals surface area contributed by atoms with E-state index >= 15 is 0 Å². The Morgan fingerprint density at radius 3 is 2.67 bits per heavy atom. The average molecular weight is 249 g/mol. The Labute approximate surface area is 102 Å². The molecule has 0 unspecified atom stereocenters. The number of aryl methyl sites for hydroxylation is 1. The smallest absolute Gasteiger partial charge is 0.269 e. The molecule has 94 valence electrons. The van der Waals surface area contributed by atoms with E-state index in [1.54, 1.807) is 12.1 Å². The lowest BCUT2D eigenvalue weighted by molar-refractivity contribution is -0.384. The van der Waals surface area contributed by atoms with Gasteiger partial charge in [-0.3, -0.25) is 10.1 Å². The van der Waals surface area contributed by atoms with E-state index in [-0.39, 0.29) is 12.3 Å². The van der Waals surface area contributed by atoms with Gasteiger partial charge in [-0.2, -0.15) is 4.98 Å². The average Bonchev–Trinajstić information content (AvgIpc) is 2.85. The summed E-state index contributed by atoms with van der Waals surface area (Å²) in [5.41, 5.74) is 0.669. The van der Waals surface area contributed by atoms with Crippen LogP contribution in [-0.2, 0) is 6.42 Å². The van der Waals surface area contributed by atoms with E-state index in [0.717, 1.165) is 0 Å². The number of nitrogens with zero attached hydrogens (tertiary/aromatic N) is 3. The van der Waals surface area contributed by atoms with Crippen LogP contribution in [-0.4, -0.2) is 26.8 Å². The van der Waals surface area contributed by atoms with Gasteiger partial charge in [0.05, 0.1) is 4.92 Å². The fraction of sp³-hybridized carbons (Fsp3) is 0.273. The summed E-state index contributed by atoms with van der Waals surface area (Å²) in [6.07, 6.45) is 1.07. The van der Waals surface area contributed by atoms with Crippen molar-refractivity contribution in [2.45, 2.75) is 12.8 Å². The second kappa shape index (κ2) is 5.37. The summed E-state index contributed by atoms with van der Waals surface area (Å²) in [5.74, 6) is 0.829. The maximum atomic E-state index is 10.5. The van der Waals surface area contributed by atoms with Gasteiger partial charge in [0.15, 0.2) is 0 Å². The van der Waals surface area contributed by atoms with Crippen molar-refractivity contribution in [2.75, 3.05) is 6.61 Å². The van der Waals surface area contributed by atoms with Gasteiger partial charge in [0.25, 0.3) is 5.69 Å². The lowest BCUT2D eigenvalue weighted by atomic mass is 10.2. The number of rotatable bonds is 5. The summed E-state index contributed by atoms with van der Waals surface area (Å²) >= 11 is 0. The van der Waals surface area contributed by atoms with Crippen LogP contribution in [0.1, 0.15) is 12.3 Å². The molecule has 0 saturated heterocycles. The van der Waals surface area contributed by atoms with Crippen molar-refractivity contribution >= 4 is 5.69 Å². The second-order valence-electron chi connectivity index (χ2n) is 3.64. The molecule has 1 N–H and O–H groups in total. The lowest BCUT2D eigenvalue weighted by Gasteiger charge is -1.93. The molecule has 0 aliphatic rings. The van der Waals surface area contributed by atoms with Crippen LogP contribution in [0.3, 0.4) is 0 Å². The van der Waals surface area contributed by atoms with Crippen molar-refractivity contribution in [2.24, 2.45) is 0 Å². The zero-order valence-corrected chi connectivity index (χ0v) is 9.44. The van der Waals surface area contributed by atoms with Crippen LogP contribution in [0, 0.1) is 10.1 Å². The molecule has 0 saturated carbocycles. The van der Waals surface area contributed by atoms with Crippen LogP contribution >= 0.6 is 0 Å². The number of nitro groups is 1. The molecular formula is C11H11N3O4. The van der Waals surface area contributed by atoms with Gasteiger partial charge < -0.3 is 9.63 Å². The molecule has 0 aliphatic heterocycles. The second-order valence-corrected chi connectivity index (χ2v) is 3.64. The van der Waals surface area contributed by atoms with Crippen LogP contribution in [0.4, 0.5) is 5.69 Å². The fourth-order valence-electron chi connectivity index (χ4n) is 1.44. The molecule has 1 heterocycles. The first kappa shape index (κ1) is 12.2. The number of aliphatic hydroxyl groups is 1. The summed E-state index contributed by atoms with van der Waals surface area (Å²) in [6, 6.07) is 5.91. The highest BCUT2D eigenvalue weighted by Crippen LogP contribution is 2.19. The number of hydrogen-bond acceptors (Lipinski definition) is 6. The third-order valence-corrected chi connectivity index (χ3v) is 2.35. The minimum absolute atomic E-state index is 0.0164. The number of benzene rings is 1. The highest BCUT2D eigenvalue weighted by Gasteiger charge is 2.10. The molecule has 1 aromatic heterocycles. The van der Waals surface area contributed by atoms with Gasteiger partial charge in [-0.1, -0.05) is 5.16 Å². The normalized spacial score (nSPS) is 10.5.